The zero-order valence-electron chi connectivity index (χ0n) is 24.1. The zero-order valence-corrected chi connectivity index (χ0v) is 24.9. The lowest BCUT2D eigenvalue weighted by atomic mass is 10.0. The van der Waals surface area contributed by atoms with Crippen LogP contribution in [0.5, 0.6) is 0 Å². The molecule has 2 aromatic heterocycles. The van der Waals surface area contributed by atoms with E-state index in [1.165, 1.54) is 36.5 Å². The van der Waals surface area contributed by atoms with Gasteiger partial charge in [0.05, 0.1) is 5.69 Å². The van der Waals surface area contributed by atoms with Crippen LogP contribution in [0.1, 0.15) is 5.56 Å². The molecule has 0 amide bonds. The predicted molar refractivity (Wildman–Crippen MR) is 189 cm³/mol. The lowest BCUT2D eigenvalue weighted by Gasteiger charge is -2.25. The van der Waals surface area contributed by atoms with Crippen LogP contribution in [-0.2, 0) is 0 Å². The van der Waals surface area contributed by atoms with Gasteiger partial charge in [0.2, 0.25) is 0 Å². The molecule has 208 valence electrons. The number of nitrogens with zero attached hydrogens (tertiary/aromatic N) is 1. The third-order valence-electron chi connectivity index (χ3n) is 8.72. The molecule has 0 atom stereocenters. The predicted octanol–water partition coefficient (Wildman–Crippen LogP) is 12.6. The van der Waals surface area contributed by atoms with Crippen molar-refractivity contribution in [1.82, 2.24) is 0 Å². The molecular formula is C41H27NOS. The van der Waals surface area contributed by atoms with E-state index in [2.05, 4.69) is 157 Å². The Balaban J connectivity index is 1.29. The van der Waals surface area contributed by atoms with E-state index >= 15 is 0 Å². The van der Waals surface area contributed by atoms with Crippen molar-refractivity contribution in [1.29, 1.82) is 0 Å². The molecule has 0 radical (unpaired) electrons. The van der Waals surface area contributed by atoms with Crippen LogP contribution in [-0.4, -0.2) is 0 Å². The van der Waals surface area contributed by atoms with Gasteiger partial charge in [0.25, 0.3) is 0 Å². The number of furan rings is 1. The average Bonchev–Trinajstić information content (AvgIpc) is 3.65. The SMILES string of the molecule is Cc1ccc(N(c2ccc3c(c2)sc2ccc4ccccc4c23)c2cccc3c2oc2c(-c4ccccc4)cccc23)cc1. The van der Waals surface area contributed by atoms with Crippen molar-refractivity contribution < 1.29 is 4.42 Å². The fourth-order valence-corrected chi connectivity index (χ4v) is 7.78. The Kier molecular flexibility index (Phi) is 5.62. The van der Waals surface area contributed by atoms with Crippen molar-refractivity contribution in [2.75, 3.05) is 4.90 Å². The van der Waals surface area contributed by atoms with Crippen LogP contribution in [0, 0.1) is 6.92 Å². The van der Waals surface area contributed by atoms with Crippen molar-refractivity contribution in [2.45, 2.75) is 6.92 Å². The monoisotopic (exact) mass is 581 g/mol. The molecule has 0 bridgehead atoms. The van der Waals surface area contributed by atoms with Crippen LogP contribution < -0.4 is 4.90 Å². The molecular weight excluding hydrogens is 555 g/mol. The summed E-state index contributed by atoms with van der Waals surface area (Å²) >= 11 is 1.86. The molecule has 0 aliphatic carbocycles. The topological polar surface area (TPSA) is 16.4 Å². The minimum atomic E-state index is 0.883. The summed E-state index contributed by atoms with van der Waals surface area (Å²) in [7, 11) is 0. The summed E-state index contributed by atoms with van der Waals surface area (Å²) in [6, 6.07) is 52.3. The number of para-hydroxylation sites is 2. The van der Waals surface area contributed by atoms with Crippen LogP contribution in [0.4, 0.5) is 17.1 Å². The second-order valence-electron chi connectivity index (χ2n) is 11.4. The van der Waals surface area contributed by atoms with Gasteiger partial charge >= 0.3 is 0 Å². The van der Waals surface area contributed by atoms with E-state index in [1.54, 1.807) is 0 Å². The highest BCUT2D eigenvalue weighted by Gasteiger charge is 2.21. The van der Waals surface area contributed by atoms with Crippen molar-refractivity contribution >= 4 is 81.3 Å². The Morgan fingerprint density at radius 1 is 0.523 bits per heavy atom. The Labute approximate surface area is 259 Å². The minimum absolute atomic E-state index is 0.883. The maximum atomic E-state index is 6.86. The molecule has 2 heterocycles. The van der Waals surface area contributed by atoms with E-state index < -0.39 is 0 Å². The Bertz CT molecular complexity index is 2500. The highest BCUT2D eigenvalue weighted by molar-refractivity contribution is 7.26. The lowest BCUT2D eigenvalue weighted by Crippen LogP contribution is -2.10. The average molecular weight is 582 g/mol. The number of fused-ring (bicyclic) bond motifs is 8. The quantitative estimate of drug-likeness (QED) is 0.206. The highest BCUT2D eigenvalue weighted by atomic mass is 32.1. The second-order valence-corrected chi connectivity index (χ2v) is 12.5. The highest BCUT2D eigenvalue weighted by Crippen LogP contribution is 2.46. The van der Waals surface area contributed by atoms with Crippen molar-refractivity contribution in [3.63, 3.8) is 0 Å². The third kappa shape index (κ3) is 3.87. The molecule has 7 aromatic carbocycles. The molecule has 0 unspecified atom stereocenters. The summed E-state index contributed by atoms with van der Waals surface area (Å²) in [6.45, 7) is 2.13. The van der Waals surface area contributed by atoms with Gasteiger partial charge in [0.15, 0.2) is 5.58 Å². The minimum Gasteiger partial charge on any atom is -0.453 e. The number of benzene rings is 7. The lowest BCUT2D eigenvalue weighted by molar-refractivity contribution is 0.670. The van der Waals surface area contributed by atoms with Gasteiger partial charge in [0, 0.05) is 47.9 Å². The Hall–Kier alpha value is -5.38. The number of anilines is 3. The van der Waals surface area contributed by atoms with E-state index in [0.29, 0.717) is 0 Å². The molecule has 9 rings (SSSR count). The first kappa shape index (κ1) is 25.1. The summed E-state index contributed by atoms with van der Waals surface area (Å²) in [5.41, 5.74) is 8.50. The Morgan fingerprint density at radius 2 is 1.25 bits per heavy atom. The fraction of sp³-hybridized carbons (Fsp3) is 0.0244. The largest absolute Gasteiger partial charge is 0.453 e. The van der Waals surface area contributed by atoms with Crippen molar-refractivity contribution in [3.05, 3.63) is 151 Å². The number of hydrogen-bond acceptors (Lipinski definition) is 3. The van der Waals surface area contributed by atoms with Crippen LogP contribution in [0.25, 0.3) is 64.0 Å². The molecule has 2 nitrogen and oxygen atoms in total. The summed E-state index contributed by atoms with van der Waals surface area (Å²) < 4.78 is 9.44. The maximum absolute atomic E-state index is 6.86. The van der Waals surface area contributed by atoms with Crippen LogP contribution in [0.3, 0.4) is 0 Å². The molecule has 3 heteroatoms. The van der Waals surface area contributed by atoms with Gasteiger partial charge in [0.1, 0.15) is 5.58 Å². The van der Waals surface area contributed by atoms with Gasteiger partial charge in [-0.1, -0.05) is 115 Å². The van der Waals surface area contributed by atoms with E-state index in [-0.39, 0.29) is 0 Å². The molecule has 0 fully saturated rings. The van der Waals surface area contributed by atoms with E-state index in [1.807, 2.05) is 11.3 Å². The molecule has 0 aliphatic heterocycles. The number of aryl methyl sites for hydroxylation is 1. The number of thiophene rings is 1. The number of hydrogen-bond donors (Lipinski definition) is 0. The van der Waals surface area contributed by atoms with E-state index in [0.717, 1.165) is 50.1 Å². The van der Waals surface area contributed by atoms with Crippen LogP contribution in [0.15, 0.2) is 150 Å². The second kappa shape index (κ2) is 9.84. The molecule has 0 spiro atoms. The molecule has 44 heavy (non-hydrogen) atoms. The van der Waals surface area contributed by atoms with Gasteiger partial charge in [-0.2, -0.15) is 0 Å². The summed E-state index contributed by atoms with van der Waals surface area (Å²) in [5.74, 6) is 0. The normalized spacial score (nSPS) is 11.8. The van der Waals surface area contributed by atoms with Gasteiger partial charge in [-0.15, -0.1) is 11.3 Å². The molecule has 0 saturated carbocycles. The summed E-state index contributed by atoms with van der Waals surface area (Å²) in [5, 5.41) is 7.45. The van der Waals surface area contributed by atoms with Gasteiger partial charge in [-0.3, -0.25) is 0 Å². The molecule has 0 saturated heterocycles. The van der Waals surface area contributed by atoms with E-state index in [4.69, 9.17) is 4.42 Å². The van der Waals surface area contributed by atoms with E-state index in [9.17, 15) is 0 Å². The molecule has 0 aliphatic rings. The zero-order chi connectivity index (χ0) is 29.2. The molecule has 0 N–H and O–H groups in total. The standard InChI is InChI=1S/C41H27NOS/c1-26-17-20-29(21-18-26)42(30-22-23-35-38(25-30)44-37-24-19-28-11-5-6-12-31(28)39(35)37)36-16-8-15-34-33-14-7-13-32(40(33)43-41(34)36)27-9-3-2-4-10-27/h2-25H,1H3. The first-order valence-electron chi connectivity index (χ1n) is 14.9. The van der Waals surface area contributed by atoms with Crippen LogP contribution >= 0.6 is 11.3 Å². The van der Waals surface area contributed by atoms with Crippen molar-refractivity contribution in [2.24, 2.45) is 0 Å². The van der Waals surface area contributed by atoms with Crippen LogP contribution in [0.2, 0.25) is 0 Å². The van der Waals surface area contributed by atoms with Crippen molar-refractivity contribution in [3.8, 4) is 11.1 Å². The smallest absolute Gasteiger partial charge is 0.159 e. The van der Waals surface area contributed by atoms with Gasteiger partial charge in [-0.05, 0) is 59.7 Å². The fourth-order valence-electron chi connectivity index (χ4n) is 6.62. The van der Waals surface area contributed by atoms with Gasteiger partial charge < -0.3 is 9.32 Å². The number of rotatable bonds is 4. The molecule has 9 aromatic rings. The first-order chi connectivity index (χ1) is 21.7. The van der Waals surface area contributed by atoms with Gasteiger partial charge in [-0.25, -0.2) is 0 Å². The maximum Gasteiger partial charge on any atom is 0.159 e. The third-order valence-corrected chi connectivity index (χ3v) is 9.84. The summed E-state index contributed by atoms with van der Waals surface area (Å²) in [6.07, 6.45) is 0. The first-order valence-corrected chi connectivity index (χ1v) is 15.7. The summed E-state index contributed by atoms with van der Waals surface area (Å²) in [4.78, 5) is 2.34. The Morgan fingerprint density at radius 3 is 2.11 bits per heavy atom.